The summed E-state index contributed by atoms with van der Waals surface area (Å²) in [7, 11) is 0. The molecule has 1 nitrogen and oxygen atoms in total. The molecule has 0 heterocycles. The van der Waals surface area contributed by atoms with Gasteiger partial charge in [-0.3, -0.25) is 0 Å². The van der Waals surface area contributed by atoms with Crippen LogP contribution in [-0.2, 0) is 6.42 Å². The Balaban J connectivity index is 2.68. The maximum atomic E-state index is 13.3. The lowest BCUT2D eigenvalue weighted by Crippen LogP contribution is -2.35. The van der Waals surface area contributed by atoms with Gasteiger partial charge in [0.1, 0.15) is 5.82 Å². The predicted octanol–water partition coefficient (Wildman–Crippen LogP) is 4.15. The first-order valence-corrected chi connectivity index (χ1v) is 7.04. The van der Waals surface area contributed by atoms with Gasteiger partial charge in [0.05, 0.1) is 0 Å². The fraction of sp³-hybridized carbons (Fsp3) is 0.571. The molecule has 96 valence electrons. The summed E-state index contributed by atoms with van der Waals surface area (Å²) < 4.78 is 14.1. The molecule has 0 radical (unpaired) electrons. The first kappa shape index (κ1) is 14.7. The second kappa shape index (κ2) is 7.12. The maximum Gasteiger partial charge on any atom is 0.124 e. The summed E-state index contributed by atoms with van der Waals surface area (Å²) in [5.74, 6) is 0.340. The molecule has 2 unspecified atom stereocenters. The van der Waals surface area contributed by atoms with Gasteiger partial charge in [0.2, 0.25) is 0 Å². The number of benzene rings is 1. The van der Waals surface area contributed by atoms with Gasteiger partial charge in [0.15, 0.2) is 0 Å². The van der Waals surface area contributed by atoms with Crippen molar-refractivity contribution in [1.82, 2.24) is 5.32 Å². The van der Waals surface area contributed by atoms with E-state index in [0.717, 1.165) is 29.4 Å². The molecule has 0 aromatic heterocycles. The molecular weight excluding hydrogens is 281 g/mol. The molecule has 0 bridgehead atoms. The molecule has 0 aliphatic heterocycles. The minimum atomic E-state index is -0.168. The van der Waals surface area contributed by atoms with Crippen LogP contribution in [0.3, 0.4) is 0 Å². The van der Waals surface area contributed by atoms with E-state index in [2.05, 4.69) is 42.0 Å². The van der Waals surface area contributed by atoms with Crippen LogP contribution >= 0.6 is 15.9 Å². The van der Waals surface area contributed by atoms with E-state index < -0.39 is 0 Å². The van der Waals surface area contributed by atoms with Crippen molar-refractivity contribution in [3.05, 3.63) is 34.1 Å². The van der Waals surface area contributed by atoms with Crippen molar-refractivity contribution in [2.24, 2.45) is 5.92 Å². The summed E-state index contributed by atoms with van der Waals surface area (Å²) in [5.41, 5.74) is 1.06. The molecule has 1 N–H and O–H groups in total. The lowest BCUT2D eigenvalue weighted by atomic mass is 9.92. The van der Waals surface area contributed by atoms with Gasteiger partial charge in [-0.05, 0) is 49.1 Å². The Morgan fingerprint density at radius 3 is 2.53 bits per heavy atom. The van der Waals surface area contributed by atoms with E-state index in [1.807, 2.05) is 6.07 Å². The van der Waals surface area contributed by atoms with E-state index in [1.165, 1.54) is 6.07 Å². The summed E-state index contributed by atoms with van der Waals surface area (Å²) in [6, 6.07) is 5.62. The summed E-state index contributed by atoms with van der Waals surface area (Å²) in [4.78, 5) is 0. The molecule has 17 heavy (non-hydrogen) atoms. The van der Waals surface area contributed by atoms with Crippen LogP contribution in [-0.4, -0.2) is 12.6 Å². The number of hydrogen-bond acceptors (Lipinski definition) is 1. The lowest BCUT2D eigenvalue weighted by Gasteiger charge is -2.23. The summed E-state index contributed by atoms with van der Waals surface area (Å²) in [5, 5.41) is 3.48. The molecule has 0 aliphatic carbocycles. The van der Waals surface area contributed by atoms with Crippen LogP contribution < -0.4 is 5.32 Å². The summed E-state index contributed by atoms with van der Waals surface area (Å²) >= 11 is 3.33. The molecule has 0 saturated carbocycles. The smallest absolute Gasteiger partial charge is 0.124 e. The topological polar surface area (TPSA) is 12.0 Å². The van der Waals surface area contributed by atoms with Crippen molar-refractivity contribution in [3.63, 3.8) is 0 Å². The zero-order chi connectivity index (χ0) is 12.8. The van der Waals surface area contributed by atoms with E-state index >= 15 is 0 Å². The third-order valence-corrected chi connectivity index (χ3v) is 3.53. The molecule has 0 saturated heterocycles. The van der Waals surface area contributed by atoms with Gasteiger partial charge in [-0.15, -0.1) is 0 Å². The maximum absolute atomic E-state index is 13.3. The lowest BCUT2D eigenvalue weighted by molar-refractivity contribution is 0.370. The fourth-order valence-electron chi connectivity index (χ4n) is 2.25. The third kappa shape index (κ3) is 4.76. The second-order valence-electron chi connectivity index (χ2n) is 4.53. The predicted molar refractivity (Wildman–Crippen MR) is 74.7 cm³/mol. The number of rotatable bonds is 6. The van der Waals surface area contributed by atoms with Gasteiger partial charge in [-0.2, -0.15) is 0 Å². The van der Waals surface area contributed by atoms with Gasteiger partial charge in [-0.25, -0.2) is 4.39 Å². The molecule has 1 aromatic carbocycles. The minimum absolute atomic E-state index is 0.168. The van der Waals surface area contributed by atoms with Crippen molar-refractivity contribution in [2.75, 3.05) is 6.54 Å². The van der Waals surface area contributed by atoms with Crippen molar-refractivity contribution >= 4 is 15.9 Å². The van der Waals surface area contributed by atoms with Crippen LogP contribution in [0.2, 0.25) is 0 Å². The molecular formula is C14H21BrFN. The fourth-order valence-corrected chi connectivity index (χ4v) is 2.77. The molecule has 0 amide bonds. The molecule has 1 rings (SSSR count). The highest BCUT2D eigenvalue weighted by Gasteiger charge is 2.15. The van der Waals surface area contributed by atoms with Gasteiger partial charge >= 0.3 is 0 Å². The number of nitrogens with one attached hydrogen (secondary N) is 1. The highest BCUT2D eigenvalue weighted by Crippen LogP contribution is 2.19. The van der Waals surface area contributed by atoms with E-state index in [9.17, 15) is 4.39 Å². The molecule has 0 aliphatic rings. The Bertz CT molecular complexity index is 334. The molecule has 3 heteroatoms. The van der Waals surface area contributed by atoms with Crippen molar-refractivity contribution in [2.45, 2.75) is 39.7 Å². The van der Waals surface area contributed by atoms with Gasteiger partial charge in [0, 0.05) is 10.5 Å². The Labute approximate surface area is 112 Å². The average Bonchev–Trinajstić information content (AvgIpc) is 2.24. The standard InChI is InChI=1S/C14H21BrFN/c1-4-14(17-5-2)10(3)6-11-7-12(15)9-13(16)8-11/h7-10,14,17H,4-6H2,1-3H3. The molecule has 1 aromatic rings. The molecule has 0 fully saturated rings. The van der Waals surface area contributed by atoms with E-state index in [0.29, 0.717) is 12.0 Å². The Morgan fingerprint density at radius 1 is 1.29 bits per heavy atom. The van der Waals surface area contributed by atoms with Gasteiger partial charge in [-0.1, -0.05) is 36.7 Å². The highest BCUT2D eigenvalue weighted by atomic mass is 79.9. The number of hydrogen-bond donors (Lipinski definition) is 1. The van der Waals surface area contributed by atoms with Crippen molar-refractivity contribution in [1.29, 1.82) is 0 Å². The van der Waals surface area contributed by atoms with E-state index in [4.69, 9.17) is 0 Å². The SMILES string of the molecule is CCNC(CC)C(C)Cc1cc(F)cc(Br)c1. The zero-order valence-corrected chi connectivity index (χ0v) is 12.3. The van der Waals surface area contributed by atoms with Crippen molar-refractivity contribution in [3.8, 4) is 0 Å². The third-order valence-electron chi connectivity index (χ3n) is 3.07. The number of halogens is 2. The van der Waals surface area contributed by atoms with Crippen LogP contribution in [0, 0.1) is 11.7 Å². The largest absolute Gasteiger partial charge is 0.314 e. The minimum Gasteiger partial charge on any atom is -0.314 e. The second-order valence-corrected chi connectivity index (χ2v) is 5.45. The molecule has 2 atom stereocenters. The van der Waals surface area contributed by atoms with Crippen molar-refractivity contribution < 1.29 is 4.39 Å². The van der Waals surface area contributed by atoms with E-state index in [-0.39, 0.29) is 5.82 Å². The molecule has 0 spiro atoms. The Kier molecular flexibility index (Phi) is 6.14. The van der Waals surface area contributed by atoms with Crippen LogP contribution in [0.15, 0.2) is 22.7 Å². The Morgan fingerprint density at radius 2 is 2.00 bits per heavy atom. The van der Waals surface area contributed by atoms with E-state index in [1.54, 1.807) is 6.07 Å². The summed E-state index contributed by atoms with van der Waals surface area (Å²) in [6.45, 7) is 7.50. The average molecular weight is 302 g/mol. The Hall–Kier alpha value is -0.410. The van der Waals surface area contributed by atoms with Crippen LogP contribution in [0.5, 0.6) is 0 Å². The van der Waals surface area contributed by atoms with Crippen LogP contribution in [0.1, 0.15) is 32.8 Å². The normalized spacial score (nSPS) is 14.6. The van der Waals surface area contributed by atoms with Gasteiger partial charge in [0.25, 0.3) is 0 Å². The summed E-state index contributed by atoms with van der Waals surface area (Å²) in [6.07, 6.45) is 2.01. The van der Waals surface area contributed by atoms with Crippen LogP contribution in [0.25, 0.3) is 0 Å². The zero-order valence-electron chi connectivity index (χ0n) is 10.8. The van der Waals surface area contributed by atoms with Crippen LogP contribution in [0.4, 0.5) is 4.39 Å². The first-order chi connectivity index (χ1) is 8.06. The first-order valence-electron chi connectivity index (χ1n) is 6.25. The van der Waals surface area contributed by atoms with Gasteiger partial charge < -0.3 is 5.32 Å². The quantitative estimate of drug-likeness (QED) is 0.832. The monoisotopic (exact) mass is 301 g/mol. The highest BCUT2D eigenvalue weighted by molar-refractivity contribution is 9.10.